The molecule has 0 spiro atoms. The molecule has 0 fully saturated rings. The molecule has 6 heteroatoms. The number of aryl methyl sites for hydroxylation is 2. The minimum atomic E-state index is -0.230. The van der Waals surface area contributed by atoms with E-state index >= 15 is 0 Å². The first kappa shape index (κ1) is 19.0. The Balaban J connectivity index is 1.76. The van der Waals surface area contributed by atoms with Gasteiger partial charge in [0.05, 0.1) is 6.61 Å². The summed E-state index contributed by atoms with van der Waals surface area (Å²) in [7, 11) is 1.65. The van der Waals surface area contributed by atoms with Gasteiger partial charge in [-0.15, -0.1) is 0 Å². The Hall–Kier alpha value is -2.31. The first-order valence-electron chi connectivity index (χ1n) is 8.37. The van der Waals surface area contributed by atoms with E-state index in [0.29, 0.717) is 25.5 Å². The number of hydrogen-bond acceptors (Lipinski definition) is 5. The third-order valence-corrected chi connectivity index (χ3v) is 3.66. The molecule has 0 aliphatic carbocycles. The van der Waals surface area contributed by atoms with Crippen LogP contribution in [-0.4, -0.2) is 39.3 Å². The number of furan rings is 1. The number of benzene rings is 1. The van der Waals surface area contributed by atoms with E-state index in [4.69, 9.17) is 13.9 Å². The minimum absolute atomic E-state index is 0.230. The number of hydrogen-bond donors (Lipinski definition) is 2. The van der Waals surface area contributed by atoms with Crippen LogP contribution in [0.2, 0.25) is 0 Å². The Morgan fingerprint density at radius 3 is 2.72 bits per heavy atom. The molecular formula is C19H26N2O4. The van der Waals surface area contributed by atoms with Crippen molar-refractivity contribution in [3.8, 4) is 5.75 Å². The minimum Gasteiger partial charge on any atom is -0.485 e. The van der Waals surface area contributed by atoms with Gasteiger partial charge in [-0.2, -0.15) is 0 Å². The average molecular weight is 346 g/mol. The molecule has 25 heavy (non-hydrogen) atoms. The Labute approximate surface area is 148 Å². The van der Waals surface area contributed by atoms with E-state index in [-0.39, 0.29) is 18.3 Å². The SMILES string of the molecule is COCCNCCNC(=O)c1ccc(COc2ccc(C)cc2C)o1. The van der Waals surface area contributed by atoms with Crippen LogP contribution >= 0.6 is 0 Å². The highest BCUT2D eigenvalue weighted by Gasteiger charge is 2.11. The molecule has 1 aromatic heterocycles. The van der Waals surface area contributed by atoms with Gasteiger partial charge in [0.2, 0.25) is 0 Å². The highest BCUT2D eigenvalue weighted by atomic mass is 16.5. The maximum atomic E-state index is 12.0. The van der Waals surface area contributed by atoms with Crippen molar-refractivity contribution in [3.05, 3.63) is 53.0 Å². The zero-order valence-corrected chi connectivity index (χ0v) is 15.1. The molecule has 0 bridgehead atoms. The van der Waals surface area contributed by atoms with E-state index in [0.717, 1.165) is 17.9 Å². The van der Waals surface area contributed by atoms with Gasteiger partial charge < -0.3 is 24.5 Å². The molecule has 2 N–H and O–H groups in total. The third-order valence-electron chi connectivity index (χ3n) is 3.66. The Kier molecular flexibility index (Phi) is 7.50. The van der Waals surface area contributed by atoms with Crippen LogP contribution < -0.4 is 15.4 Å². The largest absolute Gasteiger partial charge is 0.485 e. The number of amides is 1. The van der Waals surface area contributed by atoms with Crippen LogP contribution in [-0.2, 0) is 11.3 Å². The van der Waals surface area contributed by atoms with E-state index in [1.165, 1.54) is 5.56 Å². The van der Waals surface area contributed by atoms with E-state index in [1.807, 2.05) is 26.0 Å². The molecule has 0 saturated carbocycles. The van der Waals surface area contributed by atoms with E-state index in [1.54, 1.807) is 19.2 Å². The number of carbonyl (C=O) groups excluding carboxylic acids is 1. The number of ether oxygens (including phenoxy) is 2. The van der Waals surface area contributed by atoms with E-state index in [2.05, 4.69) is 16.7 Å². The van der Waals surface area contributed by atoms with Crippen molar-refractivity contribution in [2.45, 2.75) is 20.5 Å². The molecule has 0 saturated heterocycles. The number of nitrogens with one attached hydrogen (secondary N) is 2. The van der Waals surface area contributed by atoms with Crippen LogP contribution in [0.1, 0.15) is 27.4 Å². The average Bonchev–Trinajstić information content (AvgIpc) is 3.06. The van der Waals surface area contributed by atoms with Crippen molar-refractivity contribution in [1.82, 2.24) is 10.6 Å². The molecule has 136 valence electrons. The summed E-state index contributed by atoms with van der Waals surface area (Å²) < 4.78 is 16.2. The molecule has 0 radical (unpaired) electrons. The Morgan fingerprint density at radius 1 is 1.12 bits per heavy atom. The second-order valence-corrected chi connectivity index (χ2v) is 5.82. The third kappa shape index (κ3) is 6.25. The molecule has 1 aromatic carbocycles. The fraction of sp³-hybridized carbons (Fsp3) is 0.421. The zero-order chi connectivity index (χ0) is 18.1. The van der Waals surface area contributed by atoms with Gasteiger partial charge >= 0.3 is 0 Å². The summed E-state index contributed by atoms with van der Waals surface area (Å²) in [6.07, 6.45) is 0. The lowest BCUT2D eigenvalue weighted by Crippen LogP contribution is -2.32. The summed E-state index contributed by atoms with van der Waals surface area (Å²) >= 11 is 0. The molecule has 0 aliphatic rings. The molecule has 2 rings (SSSR count). The number of methoxy groups -OCH3 is 1. The van der Waals surface area contributed by atoms with Gasteiger partial charge in [0, 0.05) is 26.7 Å². The molecule has 0 unspecified atom stereocenters. The first-order valence-corrected chi connectivity index (χ1v) is 8.37. The zero-order valence-electron chi connectivity index (χ0n) is 15.1. The molecule has 1 heterocycles. The Bertz CT molecular complexity index is 682. The van der Waals surface area contributed by atoms with Gasteiger partial charge in [-0.1, -0.05) is 17.7 Å². The summed E-state index contributed by atoms with van der Waals surface area (Å²) in [6, 6.07) is 9.43. The molecule has 1 amide bonds. The van der Waals surface area contributed by atoms with E-state index < -0.39 is 0 Å². The number of carbonyl (C=O) groups is 1. The predicted molar refractivity (Wildman–Crippen MR) is 96.0 cm³/mol. The molecule has 0 atom stereocenters. The highest BCUT2D eigenvalue weighted by Crippen LogP contribution is 2.20. The fourth-order valence-electron chi connectivity index (χ4n) is 2.34. The standard InChI is InChI=1S/C19H26N2O4/c1-14-4-6-17(15(2)12-14)24-13-16-5-7-18(25-16)19(22)21-9-8-20-10-11-23-3/h4-7,12,20H,8-11,13H2,1-3H3,(H,21,22). The predicted octanol–water partition coefficient (Wildman–Crippen LogP) is 2.44. The van der Waals surface area contributed by atoms with Gasteiger partial charge in [-0.3, -0.25) is 4.79 Å². The van der Waals surface area contributed by atoms with Crippen molar-refractivity contribution in [1.29, 1.82) is 0 Å². The molecular weight excluding hydrogens is 320 g/mol. The van der Waals surface area contributed by atoms with Crippen molar-refractivity contribution < 1.29 is 18.7 Å². The quantitative estimate of drug-likeness (QED) is 0.647. The summed E-state index contributed by atoms with van der Waals surface area (Å²) in [4.78, 5) is 12.0. The highest BCUT2D eigenvalue weighted by molar-refractivity contribution is 5.91. The second-order valence-electron chi connectivity index (χ2n) is 5.82. The van der Waals surface area contributed by atoms with Gasteiger partial charge in [-0.25, -0.2) is 0 Å². The van der Waals surface area contributed by atoms with Crippen LogP contribution in [0.4, 0.5) is 0 Å². The normalized spacial score (nSPS) is 10.7. The lowest BCUT2D eigenvalue weighted by atomic mass is 10.1. The van der Waals surface area contributed by atoms with Gasteiger partial charge in [0.1, 0.15) is 18.1 Å². The van der Waals surface area contributed by atoms with Crippen LogP contribution in [0.3, 0.4) is 0 Å². The van der Waals surface area contributed by atoms with Crippen LogP contribution in [0, 0.1) is 13.8 Å². The summed E-state index contributed by atoms with van der Waals surface area (Å²) in [6.45, 7) is 6.94. The lowest BCUT2D eigenvalue weighted by molar-refractivity contribution is 0.0922. The molecule has 6 nitrogen and oxygen atoms in total. The van der Waals surface area contributed by atoms with Gasteiger partial charge in [0.15, 0.2) is 5.76 Å². The fourth-order valence-corrected chi connectivity index (χ4v) is 2.34. The van der Waals surface area contributed by atoms with Crippen molar-refractivity contribution in [2.24, 2.45) is 0 Å². The van der Waals surface area contributed by atoms with Gasteiger partial charge in [-0.05, 0) is 37.6 Å². The summed E-state index contributed by atoms with van der Waals surface area (Å²) in [5, 5.41) is 5.96. The monoisotopic (exact) mass is 346 g/mol. The van der Waals surface area contributed by atoms with Crippen LogP contribution in [0.15, 0.2) is 34.7 Å². The summed E-state index contributed by atoms with van der Waals surface area (Å²) in [5.74, 6) is 1.49. The molecule has 2 aromatic rings. The Morgan fingerprint density at radius 2 is 1.96 bits per heavy atom. The lowest BCUT2D eigenvalue weighted by Gasteiger charge is -2.08. The van der Waals surface area contributed by atoms with Crippen molar-refractivity contribution in [2.75, 3.05) is 33.4 Å². The van der Waals surface area contributed by atoms with E-state index in [9.17, 15) is 4.79 Å². The van der Waals surface area contributed by atoms with Gasteiger partial charge in [0.25, 0.3) is 5.91 Å². The van der Waals surface area contributed by atoms with Crippen molar-refractivity contribution in [3.63, 3.8) is 0 Å². The van der Waals surface area contributed by atoms with Crippen molar-refractivity contribution >= 4 is 5.91 Å². The first-order chi connectivity index (χ1) is 12.1. The second kappa shape index (κ2) is 9.86. The topological polar surface area (TPSA) is 72.7 Å². The maximum absolute atomic E-state index is 12.0. The molecule has 0 aliphatic heterocycles. The maximum Gasteiger partial charge on any atom is 0.287 e. The van der Waals surface area contributed by atoms with Crippen LogP contribution in [0.5, 0.6) is 5.75 Å². The van der Waals surface area contributed by atoms with Crippen LogP contribution in [0.25, 0.3) is 0 Å². The summed E-state index contributed by atoms with van der Waals surface area (Å²) in [5.41, 5.74) is 2.27. The number of rotatable bonds is 10. The smallest absolute Gasteiger partial charge is 0.287 e.